The highest BCUT2D eigenvalue weighted by Gasteiger charge is 2.13. The molecule has 0 spiro atoms. The van der Waals surface area contributed by atoms with Gasteiger partial charge in [-0.05, 0) is 54.4 Å². The summed E-state index contributed by atoms with van der Waals surface area (Å²) in [5.74, 6) is -1.63. The fourth-order valence-corrected chi connectivity index (χ4v) is 1.82. The molecule has 0 heterocycles. The Morgan fingerprint density at radius 3 is 2.48 bits per heavy atom. The van der Waals surface area contributed by atoms with E-state index in [-0.39, 0.29) is 5.75 Å². The Bertz CT molecular complexity index is 758. The van der Waals surface area contributed by atoms with Crippen LogP contribution in [0.25, 0.3) is 0 Å². The summed E-state index contributed by atoms with van der Waals surface area (Å²) in [5, 5.41) is 15.7. The number of amides is 2. The number of halogens is 1. The first kappa shape index (κ1) is 16.5. The predicted octanol–water partition coefficient (Wildman–Crippen LogP) is 2.44. The Balaban J connectivity index is 1.90. The number of rotatable bonds is 3. The van der Waals surface area contributed by atoms with Gasteiger partial charge in [0.1, 0.15) is 5.75 Å². The number of carbonyl (C=O) groups is 2. The summed E-state index contributed by atoms with van der Waals surface area (Å²) in [6, 6.07) is 11.1. The lowest BCUT2D eigenvalue weighted by Crippen LogP contribution is -2.32. The van der Waals surface area contributed by atoms with Gasteiger partial charge < -0.3 is 10.4 Å². The Morgan fingerprint density at radius 1 is 1.13 bits per heavy atom. The Morgan fingerprint density at radius 2 is 1.83 bits per heavy atom. The van der Waals surface area contributed by atoms with Crippen LogP contribution in [0.3, 0.4) is 0 Å². The average Bonchev–Trinajstić information content (AvgIpc) is 2.52. The summed E-state index contributed by atoms with van der Waals surface area (Å²) in [6.45, 7) is 1.83. The lowest BCUT2D eigenvalue weighted by Gasteiger charge is -2.05. The van der Waals surface area contributed by atoms with Gasteiger partial charge in [0, 0.05) is 10.7 Å². The summed E-state index contributed by atoms with van der Waals surface area (Å²) >= 11 is 5.95. The van der Waals surface area contributed by atoms with E-state index in [9.17, 15) is 9.59 Å². The van der Waals surface area contributed by atoms with Crippen molar-refractivity contribution >= 4 is 35.3 Å². The van der Waals surface area contributed by atoms with Crippen molar-refractivity contribution in [3.8, 4) is 5.75 Å². The van der Waals surface area contributed by atoms with Gasteiger partial charge in [-0.3, -0.25) is 9.59 Å². The second kappa shape index (κ2) is 7.42. The highest BCUT2D eigenvalue weighted by atomic mass is 35.5. The summed E-state index contributed by atoms with van der Waals surface area (Å²) in [6.07, 6.45) is 1.35. The van der Waals surface area contributed by atoms with Crippen LogP contribution in [0, 0.1) is 6.92 Å². The van der Waals surface area contributed by atoms with Gasteiger partial charge in [0.2, 0.25) is 0 Å². The molecular weight excluding hydrogens is 318 g/mol. The average molecular weight is 332 g/mol. The van der Waals surface area contributed by atoms with E-state index in [2.05, 4.69) is 15.8 Å². The van der Waals surface area contributed by atoms with Crippen LogP contribution in [0.4, 0.5) is 5.69 Å². The second-order valence-corrected chi connectivity index (χ2v) is 5.12. The fourth-order valence-electron chi connectivity index (χ4n) is 1.64. The molecule has 0 aliphatic heterocycles. The van der Waals surface area contributed by atoms with Gasteiger partial charge in [0.15, 0.2) is 0 Å². The van der Waals surface area contributed by atoms with Crippen LogP contribution < -0.4 is 10.7 Å². The lowest BCUT2D eigenvalue weighted by atomic mass is 10.2. The topological polar surface area (TPSA) is 90.8 Å². The highest BCUT2D eigenvalue weighted by molar-refractivity contribution is 6.39. The third-order valence-electron chi connectivity index (χ3n) is 2.91. The van der Waals surface area contributed by atoms with Crippen molar-refractivity contribution in [3.05, 3.63) is 58.6 Å². The molecule has 2 amide bonds. The molecule has 0 fully saturated rings. The number of hydrazone groups is 1. The second-order valence-electron chi connectivity index (χ2n) is 4.71. The van der Waals surface area contributed by atoms with Gasteiger partial charge in [0.25, 0.3) is 0 Å². The maximum absolute atomic E-state index is 11.7. The molecule has 6 nitrogen and oxygen atoms in total. The lowest BCUT2D eigenvalue weighted by molar-refractivity contribution is -0.136. The number of hydrogen-bond donors (Lipinski definition) is 3. The van der Waals surface area contributed by atoms with E-state index in [1.54, 1.807) is 30.3 Å². The predicted molar refractivity (Wildman–Crippen MR) is 88.7 cm³/mol. The zero-order chi connectivity index (χ0) is 16.8. The van der Waals surface area contributed by atoms with Crippen molar-refractivity contribution < 1.29 is 14.7 Å². The zero-order valence-electron chi connectivity index (χ0n) is 12.2. The van der Waals surface area contributed by atoms with E-state index in [0.717, 1.165) is 5.56 Å². The van der Waals surface area contributed by atoms with Gasteiger partial charge in [-0.1, -0.05) is 17.7 Å². The minimum atomic E-state index is -0.906. The van der Waals surface area contributed by atoms with E-state index < -0.39 is 11.8 Å². The van der Waals surface area contributed by atoms with Gasteiger partial charge in [-0.2, -0.15) is 5.10 Å². The number of aryl methyl sites for hydroxylation is 1. The van der Waals surface area contributed by atoms with Crippen molar-refractivity contribution in [3.63, 3.8) is 0 Å². The number of aromatic hydroxyl groups is 1. The molecule has 0 saturated carbocycles. The SMILES string of the molecule is Cc1ccc(NC(=O)C(=O)N/N=C\c2ccc(O)cc2)cc1Cl. The number of phenolic OH excluding ortho intramolecular Hbond substituents is 1. The summed E-state index contributed by atoms with van der Waals surface area (Å²) in [5.41, 5.74) is 4.06. The van der Waals surface area contributed by atoms with E-state index in [0.29, 0.717) is 16.3 Å². The first-order valence-corrected chi connectivity index (χ1v) is 7.03. The van der Waals surface area contributed by atoms with Gasteiger partial charge in [0.05, 0.1) is 6.21 Å². The molecule has 0 aromatic heterocycles. The highest BCUT2D eigenvalue weighted by Crippen LogP contribution is 2.19. The third-order valence-corrected chi connectivity index (χ3v) is 3.32. The van der Waals surface area contributed by atoms with Crippen molar-refractivity contribution in [2.45, 2.75) is 6.92 Å². The summed E-state index contributed by atoms with van der Waals surface area (Å²) < 4.78 is 0. The van der Waals surface area contributed by atoms with Crippen LogP contribution in [0.2, 0.25) is 5.02 Å². The largest absolute Gasteiger partial charge is 0.508 e. The molecule has 0 radical (unpaired) electrons. The van der Waals surface area contributed by atoms with Crippen LogP contribution in [-0.4, -0.2) is 23.1 Å². The standard InChI is InChI=1S/C16H14ClN3O3/c1-10-2-5-12(8-14(10)17)19-15(22)16(23)20-18-9-11-3-6-13(21)7-4-11/h2-9,21H,1H3,(H,19,22)(H,20,23)/b18-9-. The summed E-state index contributed by atoms with van der Waals surface area (Å²) in [7, 11) is 0. The number of anilines is 1. The number of benzene rings is 2. The molecule has 3 N–H and O–H groups in total. The monoisotopic (exact) mass is 331 g/mol. The van der Waals surface area contributed by atoms with Crippen molar-refractivity contribution in [1.29, 1.82) is 0 Å². The molecule has 2 rings (SSSR count). The van der Waals surface area contributed by atoms with Crippen LogP contribution in [0.5, 0.6) is 5.75 Å². The molecule has 0 saturated heterocycles. The molecule has 0 bridgehead atoms. The van der Waals surface area contributed by atoms with Gasteiger partial charge in [-0.25, -0.2) is 5.43 Å². The summed E-state index contributed by atoms with van der Waals surface area (Å²) in [4.78, 5) is 23.4. The number of nitrogens with zero attached hydrogens (tertiary/aromatic N) is 1. The van der Waals surface area contributed by atoms with Crippen LogP contribution in [-0.2, 0) is 9.59 Å². The Hall–Kier alpha value is -2.86. The first-order valence-electron chi connectivity index (χ1n) is 6.65. The number of hydrogen-bond acceptors (Lipinski definition) is 4. The maximum Gasteiger partial charge on any atom is 0.329 e. The molecule has 2 aromatic carbocycles. The van der Waals surface area contributed by atoms with Gasteiger partial charge >= 0.3 is 11.8 Å². The van der Waals surface area contributed by atoms with Crippen LogP contribution in [0.1, 0.15) is 11.1 Å². The van der Waals surface area contributed by atoms with Crippen LogP contribution in [0.15, 0.2) is 47.6 Å². The maximum atomic E-state index is 11.7. The Kier molecular flexibility index (Phi) is 5.32. The van der Waals surface area contributed by atoms with Crippen molar-refractivity contribution in [2.75, 3.05) is 5.32 Å². The minimum Gasteiger partial charge on any atom is -0.508 e. The number of phenols is 1. The molecular formula is C16H14ClN3O3. The quantitative estimate of drug-likeness (QED) is 0.458. The first-order chi connectivity index (χ1) is 11.0. The van der Waals surface area contributed by atoms with E-state index in [1.165, 1.54) is 18.3 Å². The smallest absolute Gasteiger partial charge is 0.329 e. The minimum absolute atomic E-state index is 0.127. The van der Waals surface area contributed by atoms with Crippen LogP contribution >= 0.6 is 11.6 Å². The van der Waals surface area contributed by atoms with E-state index in [4.69, 9.17) is 16.7 Å². The van der Waals surface area contributed by atoms with Gasteiger partial charge in [-0.15, -0.1) is 0 Å². The molecule has 23 heavy (non-hydrogen) atoms. The number of nitrogens with one attached hydrogen (secondary N) is 2. The number of carbonyl (C=O) groups excluding carboxylic acids is 2. The van der Waals surface area contributed by atoms with Crippen molar-refractivity contribution in [2.24, 2.45) is 5.10 Å². The molecule has 0 aliphatic carbocycles. The van der Waals surface area contributed by atoms with Crippen molar-refractivity contribution in [1.82, 2.24) is 5.43 Å². The molecule has 2 aromatic rings. The Labute approximate surface area is 137 Å². The molecule has 0 unspecified atom stereocenters. The molecule has 7 heteroatoms. The molecule has 0 atom stereocenters. The normalized spacial score (nSPS) is 10.5. The van der Waals surface area contributed by atoms with E-state index >= 15 is 0 Å². The molecule has 0 aliphatic rings. The zero-order valence-corrected chi connectivity index (χ0v) is 13.0. The third kappa shape index (κ3) is 4.82. The van der Waals surface area contributed by atoms with E-state index in [1.807, 2.05) is 6.92 Å². The fraction of sp³-hybridized carbons (Fsp3) is 0.0625. The molecule has 118 valence electrons.